The van der Waals surface area contributed by atoms with Crippen molar-refractivity contribution in [3.63, 3.8) is 0 Å². The fourth-order valence-electron chi connectivity index (χ4n) is 3.57. The molecule has 0 aromatic carbocycles. The van der Waals surface area contributed by atoms with Crippen molar-refractivity contribution in [2.75, 3.05) is 19.8 Å². The largest absolute Gasteiger partial charge is 0.457 e. The molecular weight excluding hydrogens is 304 g/mol. The summed E-state index contributed by atoms with van der Waals surface area (Å²) in [6.07, 6.45) is 5.59. The van der Waals surface area contributed by atoms with Gasteiger partial charge in [-0.1, -0.05) is 33.6 Å². The molecule has 1 fully saturated rings. The molecule has 24 heavy (non-hydrogen) atoms. The van der Waals surface area contributed by atoms with Crippen LogP contribution in [0, 0.1) is 16.2 Å². The normalized spacial score (nSPS) is 17.8. The molecule has 4 heteroatoms. The van der Waals surface area contributed by atoms with Gasteiger partial charge in [0.2, 0.25) is 0 Å². The molecule has 0 aromatic rings. The smallest absolute Gasteiger partial charge is 0.311 e. The van der Waals surface area contributed by atoms with Gasteiger partial charge in [0.1, 0.15) is 6.61 Å². The molecule has 0 unspecified atom stereocenters. The van der Waals surface area contributed by atoms with Crippen LogP contribution in [0.2, 0.25) is 0 Å². The van der Waals surface area contributed by atoms with Crippen LogP contribution in [0.4, 0.5) is 0 Å². The zero-order valence-electron chi connectivity index (χ0n) is 16.5. The number of ketones is 1. The SMILES string of the molecule is CCOCC(C)(C)C1(CC(=O)COC(=O)C(C)(C)CC)CCCC1. The molecule has 0 amide bonds. The second-order valence-corrected chi connectivity index (χ2v) is 8.54. The number of carbonyl (C=O) groups is 2. The van der Waals surface area contributed by atoms with Crippen molar-refractivity contribution >= 4 is 11.8 Å². The van der Waals surface area contributed by atoms with E-state index in [9.17, 15) is 9.59 Å². The fraction of sp³-hybridized carbons (Fsp3) is 0.900. The minimum absolute atomic E-state index is 0.0294. The Morgan fingerprint density at radius 3 is 2.12 bits per heavy atom. The number of ether oxygens (including phenoxy) is 2. The van der Waals surface area contributed by atoms with Gasteiger partial charge in [-0.15, -0.1) is 0 Å². The van der Waals surface area contributed by atoms with Crippen LogP contribution in [0.15, 0.2) is 0 Å². The van der Waals surface area contributed by atoms with Crippen LogP contribution in [0.1, 0.15) is 80.1 Å². The lowest BCUT2D eigenvalue weighted by molar-refractivity contribution is -0.158. The lowest BCUT2D eigenvalue weighted by atomic mass is 9.62. The van der Waals surface area contributed by atoms with Crippen LogP contribution < -0.4 is 0 Å². The van der Waals surface area contributed by atoms with E-state index in [0.717, 1.165) is 25.7 Å². The highest BCUT2D eigenvalue weighted by atomic mass is 16.5. The Hall–Kier alpha value is -0.900. The Morgan fingerprint density at radius 1 is 1.04 bits per heavy atom. The third-order valence-corrected chi connectivity index (χ3v) is 6.00. The van der Waals surface area contributed by atoms with Crippen molar-refractivity contribution in [2.24, 2.45) is 16.2 Å². The first-order valence-corrected chi connectivity index (χ1v) is 9.37. The van der Waals surface area contributed by atoms with Crippen LogP contribution in [0.25, 0.3) is 0 Å². The van der Waals surface area contributed by atoms with Gasteiger partial charge in [0.15, 0.2) is 5.78 Å². The van der Waals surface area contributed by atoms with E-state index in [0.29, 0.717) is 26.1 Å². The second kappa shape index (κ2) is 8.46. The van der Waals surface area contributed by atoms with Gasteiger partial charge in [-0.05, 0) is 50.9 Å². The van der Waals surface area contributed by atoms with E-state index in [1.165, 1.54) is 0 Å². The molecule has 4 nitrogen and oxygen atoms in total. The number of hydrogen-bond acceptors (Lipinski definition) is 4. The molecule has 1 saturated carbocycles. The van der Waals surface area contributed by atoms with Gasteiger partial charge in [0.05, 0.1) is 12.0 Å². The molecule has 0 spiro atoms. The summed E-state index contributed by atoms with van der Waals surface area (Å²) in [6.45, 7) is 13.3. The first kappa shape index (κ1) is 21.1. The summed E-state index contributed by atoms with van der Waals surface area (Å²) in [5, 5.41) is 0. The fourth-order valence-corrected chi connectivity index (χ4v) is 3.57. The first-order chi connectivity index (χ1) is 11.1. The van der Waals surface area contributed by atoms with Gasteiger partial charge in [0, 0.05) is 13.0 Å². The Bertz CT molecular complexity index is 431. The van der Waals surface area contributed by atoms with Crippen molar-refractivity contribution < 1.29 is 19.1 Å². The molecule has 0 atom stereocenters. The number of Topliss-reactive ketones (excluding diaryl/α,β-unsaturated/α-hetero) is 1. The van der Waals surface area contributed by atoms with E-state index >= 15 is 0 Å². The van der Waals surface area contributed by atoms with Gasteiger partial charge in [-0.3, -0.25) is 9.59 Å². The van der Waals surface area contributed by atoms with Crippen LogP contribution in [0.3, 0.4) is 0 Å². The van der Waals surface area contributed by atoms with Crippen molar-refractivity contribution in [1.82, 2.24) is 0 Å². The molecule has 1 rings (SSSR count). The standard InChI is InChI=1S/C20H36O4/c1-7-18(3,4)17(22)24-14-16(21)13-20(11-9-10-12-20)19(5,6)15-23-8-2/h7-15H2,1-6H3. The molecule has 0 radical (unpaired) electrons. The summed E-state index contributed by atoms with van der Waals surface area (Å²) in [4.78, 5) is 24.6. The molecular formula is C20H36O4. The lowest BCUT2D eigenvalue weighted by Crippen LogP contribution is -2.41. The first-order valence-electron chi connectivity index (χ1n) is 9.37. The van der Waals surface area contributed by atoms with E-state index in [1.807, 2.05) is 27.7 Å². The van der Waals surface area contributed by atoms with Crippen LogP contribution in [-0.4, -0.2) is 31.6 Å². The molecule has 0 aromatic heterocycles. The van der Waals surface area contributed by atoms with Gasteiger partial charge >= 0.3 is 5.97 Å². The summed E-state index contributed by atoms with van der Waals surface area (Å²) in [6, 6.07) is 0. The maximum atomic E-state index is 12.5. The third kappa shape index (κ3) is 5.05. The van der Waals surface area contributed by atoms with Gasteiger partial charge in [0.25, 0.3) is 0 Å². The molecule has 0 bridgehead atoms. The predicted octanol–water partition coefficient (Wildman–Crippen LogP) is 4.55. The zero-order chi connectivity index (χ0) is 18.4. The summed E-state index contributed by atoms with van der Waals surface area (Å²) in [5.74, 6) is -0.255. The van der Waals surface area contributed by atoms with Gasteiger partial charge in [-0.2, -0.15) is 0 Å². The maximum absolute atomic E-state index is 12.5. The van der Waals surface area contributed by atoms with Crippen LogP contribution in [0.5, 0.6) is 0 Å². The zero-order valence-corrected chi connectivity index (χ0v) is 16.5. The number of hydrogen-bond donors (Lipinski definition) is 0. The van der Waals surface area contributed by atoms with E-state index < -0.39 is 5.41 Å². The van der Waals surface area contributed by atoms with Crippen molar-refractivity contribution in [2.45, 2.75) is 80.1 Å². The predicted molar refractivity (Wildman–Crippen MR) is 95.8 cm³/mol. The molecule has 140 valence electrons. The van der Waals surface area contributed by atoms with Crippen LogP contribution >= 0.6 is 0 Å². The summed E-state index contributed by atoms with van der Waals surface area (Å²) >= 11 is 0. The monoisotopic (exact) mass is 340 g/mol. The molecule has 1 aliphatic rings. The van der Waals surface area contributed by atoms with Crippen molar-refractivity contribution in [3.05, 3.63) is 0 Å². The topological polar surface area (TPSA) is 52.6 Å². The average Bonchev–Trinajstić information content (AvgIpc) is 3.00. The summed E-state index contributed by atoms with van der Waals surface area (Å²) in [7, 11) is 0. The van der Waals surface area contributed by atoms with E-state index in [-0.39, 0.29) is 29.2 Å². The number of esters is 1. The third-order valence-electron chi connectivity index (χ3n) is 6.00. The minimum atomic E-state index is -0.528. The highest BCUT2D eigenvalue weighted by Crippen LogP contribution is 2.54. The van der Waals surface area contributed by atoms with Crippen molar-refractivity contribution in [1.29, 1.82) is 0 Å². The Kier molecular flexibility index (Phi) is 7.45. The molecule has 0 aliphatic heterocycles. The Morgan fingerprint density at radius 2 is 1.62 bits per heavy atom. The Labute approximate surface area is 147 Å². The number of rotatable bonds is 10. The molecule has 0 heterocycles. The second-order valence-electron chi connectivity index (χ2n) is 8.54. The van der Waals surface area contributed by atoms with E-state index in [4.69, 9.17) is 9.47 Å². The quantitative estimate of drug-likeness (QED) is 0.548. The van der Waals surface area contributed by atoms with Gasteiger partial charge < -0.3 is 9.47 Å². The highest BCUT2D eigenvalue weighted by molar-refractivity contribution is 5.84. The van der Waals surface area contributed by atoms with E-state index in [1.54, 1.807) is 0 Å². The maximum Gasteiger partial charge on any atom is 0.311 e. The Balaban J connectivity index is 2.69. The van der Waals surface area contributed by atoms with E-state index in [2.05, 4.69) is 13.8 Å². The van der Waals surface area contributed by atoms with Crippen LogP contribution in [-0.2, 0) is 19.1 Å². The highest BCUT2D eigenvalue weighted by Gasteiger charge is 2.48. The molecule has 0 N–H and O–H groups in total. The molecule has 1 aliphatic carbocycles. The average molecular weight is 341 g/mol. The van der Waals surface area contributed by atoms with Crippen molar-refractivity contribution in [3.8, 4) is 0 Å². The molecule has 0 saturated heterocycles. The number of carbonyl (C=O) groups excluding carboxylic acids is 2. The minimum Gasteiger partial charge on any atom is -0.457 e. The lowest BCUT2D eigenvalue weighted by Gasteiger charge is -2.44. The summed E-state index contributed by atoms with van der Waals surface area (Å²) in [5.41, 5.74) is -0.618. The van der Waals surface area contributed by atoms with Gasteiger partial charge in [-0.25, -0.2) is 0 Å². The summed E-state index contributed by atoms with van der Waals surface area (Å²) < 4.78 is 11.0.